The van der Waals surface area contributed by atoms with Gasteiger partial charge in [0.05, 0.1) is 7.11 Å². The number of benzene rings is 4. The molecule has 4 aromatic carbocycles. The lowest BCUT2D eigenvalue weighted by Crippen LogP contribution is -1.92. The summed E-state index contributed by atoms with van der Waals surface area (Å²) in [7, 11) is 1.69. The highest BCUT2D eigenvalue weighted by molar-refractivity contribution is 7.98. The topological polar surface area (TPSA) is 9.23 Å². The van der Waals surface area contributed by atoms with E-state index < -0.39 is 0 Å². The molecule has 0 heterocycles. The van der Waals surface area contributed by atoms with Gasteiger partial charge in [-0.1, -0.05) is 54.5 Å². The van der Waals surface area contributed by atoms with Crippen LogP contribution in [0.2, 0.25) is 0 Å². The number of terminal acetylenes is 1. The average molecular weight is 354 g/mol. The predicted molar refractivity (Wildman–Crippen MR) is 112 cm³/mol. The fourth-order valence-corrected chi connectivity index (χ4v) is 4.31. The van der Waals surface area contributed by atoms with Crippen LogP contribution in [0.25, 0.3) is 21.5 Å². The summed E-state index contributed by atoms with van der Waals surface area (Å²) in [5.41, 5.74) is 2.31. The van der Waals surface area contributed by atoms with Gasteiger partial charge in [-0.25, -0.2) is 0 Å². The molecular formula is C24H18OS. The van der Waals surface area contributed by atoms with E-state index in [1.54, 1.807) is 7.11 Å². The summed E-state index contributed by atoms with van der Waals surface area (Å²) in [6.07, 6.45) is 5.86. The molecule has 0 aliphatic rings. The smallest absolute Gasteiger partial charge is 0.118 e. The van der Waals surface area contributed by atoms with Crippen LogP contribution in [-0.2, 0) is 5.75 Å². The Labute approximate surface area is 158 Å². The van der Waals surface area contributed by atoms with Gasteiger partial charge in [-0.2, -0.15) is 0 Å². The van der Waals surface area contributed by atoms with E-state index in [1.165, 1.54) is 21.2 Å². The van der Waals surface area contributed by atoms with E-state index >= 15 is 0 Å². The lowest BCUT2D eigenvalue weighted by atomic mass is 9.93. The van der Waals surface area contributed by atoms with Crippen molar-refractivity contribution in [2.75, 3.05) is 7.11 Å². The van der Waals surface area contributed by atoms with Crippen molar-refractivity contribution in [1.29, 1.82) is 0 Å². The van der Waals surface area contributed by atoms with Crippen LogP contribution < -0.4 is 4.74 Å². The van der Waals surface area contributed by atoms with E-state index in [9.17, 15) is 0 Å². The molecule has 1 nitrogen and oxygen atoms in total. The van der Waals surface area contributed by atoms with E-state index in [0.29, 0.717) is 0 Å². The molecule has 0 saturated heterocycles. The monoisotopic (exact) mass is 354 g/mol. The van der Waals surface area contributed by atoms with Crippen molar-refractivity contribution in [2.24, 2.45) is 0 Å². The molecule has 0 atom stereocenters. The molecule has 4 aromatic rings. The van der Waals surface area contributed by atoms with Crippen LogP contribution in [0.5, 0.6) is 5.75 Å². The Bertz CT molecular complexity index is 1060. The highest BCUT2D eigenvalue weighted by atomic mass is 32.2. The Morgan fingerprint density at radius 2 is 1.35 bits per heavy atom. The minimum Gasteiger partial charge on any atom is -0.497 e. The molecule has 0 N–H and O–H groups in total. The fourth-order valence-electron chi connectivity index (χ4n) is 3.36. The molecule has 0 aromatic heterocycles. The Balaban J connectivity index is 1.83. The lowest BCUT2D eigenvalue weighted by molar-refractivity contribution is 0.414. The second-order valence-corrected chi connectivity index (χ2v) is 7.10. The summed E-state index contributed by atoms with van der Waals surface area (Å²) in [6.45, 7) is 0. The van der Waals surface area contributed by atoms with Crippen LogP contribution in [-0.4, -0.2) is 7.11 Å². The third-order valence-corrected chi connectivity index (χ3v) is 5.67. The minimum atomic E-state index is 0.878. The zero-order valence-corrected chi connectivity index (χ0v) is 15.3. The number of ether oxygens (including phenoxy) is 1. The molecule has 4 rings (SSSR count). The van der Waals surface area contributed by atoms with Gasteiger partial charge >= 0.3 is 0 Å². The van der Waals surface area contributed by atoms with Crippen LogP contribution in [0.4, 0.5) is 0 Å². The van der Waals surface area contributed by atoms with Crippen molar-refractivity contribution < 1.29 is 4.74 Å². The summed E-state index contributed by atoms with van der Waals surface area (Å²) in [6, 6.07) is 25.1. The van der Waals surface area contributed by atoms with Gasteiger partial charge in [-0.3, -0.25) is 0 Å². The van der Waals surface area contributed by atoms with Crippen molar-refractivity contribution >= 4 is 33.3 Å². The zero-order valence-electron chi connectivity index (χ0n) is 14.5. The molecular weight excluding hydrogens is 336 g/mol. The zero-order chi connectivity index (χ0) is 17.9. The van der Waals surface area contributed by atoms with E-state index in [0.717, 1.165) is 27.8 Å². The van der Waals surface area contributed by atoms with E-state index in [-0.39, 0.29) is 0 Å². The maximum atomic E-state index is 5.86. The first-order valence-corrected chi connectivity index (χ1v) is 9.46. The maximum absolute atomic E-state index is 5.86. The molecule has 0 fully saturated rings. The molecule has 126 valence electrons. The minimum absolute atomic E-state index is 0.878. The molecule has 2 heteroatoms. The molecule has 0 radical (unpaired) electrons. The van der Waals surface area contributed by atoms with Crippen molar-refractivity contribution in [3.8, 4) is 18.1 Å². The quantitative estimate of drug-likeness (QED) is 0.242. The molecule has 0 aliphatic heterocycles. The first-order valence-electron chi connectivity index (χ1n) is 8.47. The Kier molecular flexibility index (Phi) is 4.56. The van der Waals surface area contributed by atoms with Gasteiger partial charge < -0.3 is 4.74 Å². The van der Waals surface area contributed by atoms with Crippen LogP contribution in [0.3, 0.4) is 0 Å². The summed E-state index contributed by atoms with van der Waals surface area (Å²) in [4.78, 5) is 1.22. The van der Waals surface area contributed by atoms with Gasteiger partial charge in [0.1, 0.15) is 5.75 Å². The molecule has 0 aliphatic carbocycles. The molecule has 26 heavy (non-hydrogen) atoms. The van der Waals surface area contributed by atoms with Crippen LogP contribution in [0.1, 0.15) is 11.1 Å². The number of hydrogen-bond donors (Lipinski definition) is 0. The van der Waals surface area contributed by atoms with E-state index in [4.69, 9.17) is 11.2 Å². The largest absolute Gasteiger partial charge is 0.497 e. The van der Waals surface area contributed by atoms with Gasteiger partial charge in [0.15, 0.2) is 0 Å². The predicted octanol–water partition coefficient (Wildman–Crippen LogP) is 6.28. The first-order chi connectivity index (χ1) is 12.8. The highest BCUT2D eigenvalue weighted by Crippen LogP contribution is 2.36. The van der Waals surface area contributed by atoms with Gasteiger partial charge in [0.2, 0.25) is 0 Å². The van der Waals surface area contributed by atoms with Crippen molar-refractivity contribution in [2.45, 2.75) is 10.6 Å². The number of fused-ring (bicyclic) bond motifs is 2. The number of methoxy groups -OCH3 is 1. The molecule has 0 bridgehead atoms. The summed E-state index contributed by atoms with van der Waals surface area (Å²) < 4.78 is 5.24. The molecule has 0 amide bonds. The number of rotatable bonds is 4. The van der Waals surface area contributed by atoms with Crippen molar-refractivity contribution in [3.63, 3.8) is 0 Å². The van der Waals surface area contributed by atoms with Gasteiger partial charge in [0.25, 0.3) is 0 Å². The summed E-state index contributed by atoms with van der Waals surface area (Å²) in [5, 5.41) is 4.78. The second kappa shape index (κ2) is 7.15. The van der Waals surface area contributed by atoms with E-state index in [1.807, 2.05) is 23.9 Å². The molecule has 0 unspecified atom stereocenters. The first kappa shape index (κ1) is 16.6. The Morgan fingerprint density at radius 1 is 0.808 bits per heavy atom. The molecule has 0 saturated carbocycles. The Hall–Kier alpha value is -2.89. The van der Waals surface area contributed by atoms with Gasteiger partial charge in [-0.15, -0.1) is 18.2 Å². The normalized spacial score (nSPS) is 10.8. The summed E-state index contributed by atoms with van der Waals surface area (Å²) >= 11 is 1.83. The summed E-state index contributed by atoms with van der Waals surface area (Å²) in [5.74, 6) is 4.67. The van der Waals surface area contributed by atoms with Crippen molar-refractivity contribution in [1.82, 2.24) is 0 Å². The fraction of sp³-hybridized carbons (Fsp3) is 0.0833. The highest BCUT2D eigenvalue weighted by Gasteiger charge is 2.12. The maximum Gasteiger partial charge on any atom is 0.118 e. The Morgan fingerprint density at radius 3 is 1.85 bits per heavy atom. The van der Waals surface area contributed by atoms with Gasteiger partial charge in [-0.05, 0) is 51.4 Å². The van der Waals surface area contributed by atoms with Crippen LogP contribution in [0, 0.1) is 12.3 Å². The third kappa shape index (κ3) is 2.92. The number of hydrogen-bond acceptors (Lipinski definition) is 2. The SMILES string of the molecule is C#Cc1c2ccccc2c(CSc2ccc(OC)cc2)c2ccccc12. The van der Waals surface area contributed by atoms with Crippen LogP contribution >= 0.6 is 11.8 Å². The van der Waals surface area contributed by atoms with E-state index in [2.05, 4.69) is 66.6 Å². The average Bonchev–Trinajstić information content (AvgIpc) is 2.71. The molecule has 0 spiro atoms. The van der Waals surface area contributed by atoms with Crippen molar-refractivity contribution in [3.05, 3.63) is 83.9 Å². The lowest BCUT2D eigenvalue weighted by Gasteiger charge is -2.14. The second-order valence-electron chi connectivity index (χ2n) is 6.05. The van der Waals surface area contributed by atoms with Gasteiger partial charge in [0, 0.05) is 16.2 Å². The third-order valence-electron chi connectivity index (χ3n) is 4.63. The van der Waals surface area contributed by atoms with Crippen LogP contribution in [0.15, 0.2) is 77.7 Å². The standard InChI is InChI=1S/C24H18OS/c1-3-19-20-8-4-6-10-22(20)24(23-11-7-5-9-21(19)23)16-26-18-14-12-17(25-2)13-15-18/h1,4-15H,16H2,2H3. The number of thioether (sulfide) groups is 1.